The highest BCUT2D eigenvalue weighted by molar-refractivity contribution is 5.99. The predicted octanol–water partition coefficient (Wildman–Crippen LogP) is 8.79. The number of carbonyl (C=O) groups is 4. The van der Waals surface area contributed by atoms with E-state index in [9.17, 15) is 41.1 Å². The van der Waals surface area contributed by atoms with Crippen LogP contribution in [0.2, 0.25) is 0 Å². The van der Waals surface area contributed by atoms with Crippen molar-refractivity contribution in [1.82, 2.24) is 30.8 Å². The molecule has 2 aliphatic carbocycles. The van der Waals surface area contributed by atoms with Crippen molar-refractivity contribution < 1.29 is 45.9 Å². The number of nitrogens with zero attached hydrogens (tertiary/aromatic N) is 2. The van der Waals surface area contributed by atoms with Crippen LogP contribution in [0.25, 0.3) is 22.2 Å². The number of halogens is 5. The summed E-state index contributed by atoms with van der Waals surface area (Å²) in [6.45, 7) is 7.67. The molecule has 346 valence electrons. The number of nitrogens with one attached hydrogen (secondary N) is 5. The highest BCUT2D eigenvalue weighted by Crippen LogP contribution is 2.43. The van der Waals surface area contributed by atoms with Gasteiger partial charge in [0, 0.05) is 42.2 Å². The number of aromatic amines is 1. The van der Waals surface area contributed by atoms with E-state index in [-0.39, 0.29) is 46.9 Å². The van der Waals surface area contributed by atoms with Crippen molar-refractivity contribution in [3.05, 3.63) is 83.2 Å². The summed E-state index contributed by atoms with van der Waals surface area (Å²) in [6, 6.07) is 16.3. The van der Waals surface area contributed by atoms with Crippen molar-refractivity contribution in [2.24, 2.45) is 11.8 Å². The van der Waals surface area contributed by atoms with Crippen LogP contribution >= 0.6 is 0 Å². The number of H-pyrrole nitrogens is 1. The number of carbonyl (C=O) groups excluding carboxylic acids is 4. The maximum atomic E-state index is 14.1. The Balaban J connectivity index is 1.13. The van der Waals surface area contributed by atoms with E-state index in [2.05, 4.69) is 45.2 Å². The third-order valence-electron chi connectivity index (χ3n) is 12.1. The van der Waals surface area contributed by atoms with E-state index in [1.165, 1.54) is 18.2 Å². The zero-order valence-corrected chi connectivity index (χ0v) is 37.1. The second-order valence-electron chi connectivity index (χ2n) is 18.4. The van der Waals surface area contributed by atoms with Crippen molar-refractivity contribution in [2.45, 2.75) is 121 Å². The Morgan fingerprint density at radius 1 is 0.859 bits per heavy atom. The van der Waals surface area contributed by atoms with Gasteiger partial charge in [-0.2, -0.15) is 22.0 Å². The molecule has 64 heavy (non-hydrogen) atoms. The number of fused-ring (bicyclic) bond motifs is 1. The number of hydrogen-bond donors (Lipinski definition) is 5. The summed E-state index contributed by atoms with van der Waals surface area (Å²) >= 11 is 0. The molecule has 1 aromatic heterocycles. The molecule has 1 atom stereocenters. The Hall–Kier alpha value is -5.58. The van der Waals surface area contributed by atoms with E-state index in [4.69, 9.17) is 4.74 Å². The molecule has 0 aliphatic heterocycles. The Bertz CT molecular complexity index is 2290. The lowest BCUT2D eigenvalue weighted by Crippen LogP contribution is -2.48. The molecule has 6 rings (SSSR count). The van der Waals surface area contributed by atoms with Gasteiger partial charge < -0.3 is 35.9 Å². The van der Waals surface area contributed by atoms with E-state index in [1.54, 1.807) is 26.8 Å². The number of hydrogen-bond acceptors (Lipinski definition) is 7. The number of imidazole rings is 1. The standard InChI is InChI=1S/C47H58F5N7O5/c1-27-23-32(41(61)54-33-16-19-35(20-17-33)59(5)6)15-21-36(27)30-11-7-28(8-12-30)24-39(56-40(60)31-13-9-29(10-14-31)26-53-44(63)64-45(2,3)4)42(62)55-34-18-22-37-38(25-34)58-43(57-37)46(48,49)47(50,51)52/h7-8,11-12,15,18,21-23,25,29,31,33,35,39H,9-10,13-14,16-17,19-20,24,26H2,1-6H3,(H,53,63)(H,54,61)(H,55,62)(H,56,60)(H,57,58). The lowest BCUT2D eigenvalue weighted by atomic mass is 9.81. The van der Waals surface area contributed by atoms with Gasteiger partial charge >= 0.3 is 18.2 Å². The van der Waals surface area contributed by atoms with Crippen LogP contribution in [0, 0.1) is 18.8 Å². The largest absolute Gasteiger partial charge is 0.461 e. The Labute approximate surface area is 369 Å². The molecule has 5 N–H and O–H groups in total. The van der Waals surface area contributed by atoms with Gasteiger partial charge in [0.1, 0.15) is 11.6 Å². The van der Waals surface area contributed by atoms with E-state index in [1.807, 2.05) is 48.3 Å². The Morgan fingerprint density at radius 3 is 2.14 bits per heavy atom. The van der Waals surface area contributed by atoms with Crippen molar-refractivity contribution in [2.75, 3.05) is 26.0 Å². The number of amides is 4. The smallest absolute Gasteiger partial charge is 0.444 e. The number of alkyl carbamates (subject to hydrolysis) is 1. The SMILES string of the molecule is Cc1cc(C(=O)NC2CCC(N(C)C)CC2)ccc1-c1ccc(CC(NC(=O)C2CCC(CNC(=O)OC(C)(C)C)CC2)C(=O)Nc2ccc3nc(C(F)(F)C(F)(F)F)[nH]c3c2)cc1. The summed E-state index contributed by atoms with van der Waals surface area (Å²) in [4.78, 5) is 60.7. The van der Waals surface area contributed by atoms with Gasteiger partial charge in [-0.1, -0.05) is 30.3 Å². The molecule has 17 heteroatoms. The molecule has 1 unspecified atom stereocenters. The summed E-state index contributed by atoms with van der Waals surface area (Å²) in [5, 5.41) is 11.6. The van der Waals surface area contributed by atoms with Crippen LogP contribution in [0.5, 0.6) is 0 Å². The number of ether oxygens (including phenoxy) is 1. The normalized spacial score (nSPS) is 20.1. The van der Waals surface area contributed by atoms with Gasteiger partial charge in [-0.25, -0.2) is 9.78 Å². The first-order valence-corrected chi connectivity index (χ1v) is 21.8. The Kier molecular flexibility index (Phi) is 14.7. The average molecular weight is 896 g/mol. The topological polar surface area (TPSA) is 158 Å². The van der Waals surface area contributed by atoms with Crippen LogP contribution in [0.3, 0.4) is 0 Å². The molecule has 2 saturated carbocycles. The third-order valence-corrected chi connectivity index (χ3v) is 12.1. The van der Waals surface area contributed by atoms with Gasteiger partial charge in [0.05, 0.1) is 11.0 Å². The highest BCUT2D eigenvalue weighted by atomic mass is 19.4. The van der Waals surface area contributed by atoms with Gasteiger partial charge in [-0.3, -0.25) is 14.4 Å². The van der Waals surface area contributed by atoms with Crippen LogP contribution in [-0.2, 0) is 26.7 Å². The fourth-order valence-electron chi connectivity index (χ4n) is 8.46. The Morgan fingerprint density at radius 2 is 1.53 bits per heavy atom. The van der Waals surface area contributed by atoms with E-state index in [0.29, 0.717) is 49.4 Å². The third kappa shape index (κ3) is 12.2. The van der Waals surface area contributed by atoms with Crippen molar-refractivity contribution in [1.29, 1.82) is 0 Å². The number of rotatable bonds is 13. The first-order chi connectivity index (χ1) is 30.1. The average Bonchev–Trinajstić information content (AvgIpc) is 3.67. The van der Waals surface area contributed by atoms with E-state index < -0.39 is 47.5 Å². The first-order valence-electron chi connectivity index (χ1n) is 21.8. The van der Waals surface area contributed by atoms with Crippen molar-refractivity contribution in [3.8, 4) is 11.1 Å². The monoisotopic (exact) mass is 895 g/mol. The minimum absolute atomic E-state index is 0.0653. The fourth-order valence-corrected chi connectivity index (χ4v) is 8.46. The molecule has 0 bridgehead atoms. The maximum absolute atomic E-state index is 14.1. The highest BCUT2D eigenvalue weighted by Gasteiger charge is 2.61. The lowest BCUT2D eigenvalue weighted by Gasteiger charge is -2.33. The van der Waals surface area contributed by atoms with E-state index >= 15 is 0 Å². The number of benzene rings is 3. The zero-order valence-electron chi connectivity index (χ0n) is 37.1. The van der Waals surface area contributed by atoms with Gasteiger partial charge in [0.2, 0.25) is 11.8 Å². The molecule has 0 radical (unpaired) electrons. The van der Waals surface area contributed by atoms with Gasteiger partial charge in [-0.05, 0) is 152 Å². The van der Waals surface area contributed by atoms with Gasteiger partial charge in [-0.15, -0.1) is 0 Å². The van der Waals surface area contributed by atoms with E-state index in [0.717, 1.165) is 42.4 Å². The fraction of sp³-hybridized carbons (Fsp3) is 0.511. The number of anilines is 1. The summed E-state index contributed by atoms with van der Waals surface area (Å²) in [6.07, 6.45) is -0.0142. The number of alkyl halides is 5. The van der Waals surface area contributed by atoms with Crippen LogP contribution < -0.4 is 21.3 Å². The van der Waals surface area contributed by atoms with Crippen LogP contribution in [0.1, 0.15) is 99.4 Å². The van der Waals surface area contributed by atoms with Crippen LogP contribution in [0.15, 0.2) is 60.7 Å². The molecule has 2 fully saturated rings. The van der Waals surface area contributed by atoms with Crippen molar-refractivity contribution >= 4 is 40.5 Å². The predicted molar refractivity (Wildman–Crippen MR) is 234 cm³/mol. The lowest BCUT2D eigenvalue weighted by molar-refractivity contribution is -0.292. The summed E-state index contributed by atoms with van der Waals surface area (Å²) in [5.74, 6) is -8.15. The van der Waals surface area contributed by atoms with Crippen molar-refractivity contribution in [3.63, 3.8) is 0 Å². The summed E-state index contributed by atoms with van der Waals surface area (Å²) in [5.41, 5.74) is 3.12. The zero-order chi connectivity index (χ0) is 46.6. The maximum Gasteiger partial charge on any atom is 0.461 e. The van der Waals surface area contributed by atoms with Gasteiger partial charge in [0.25, 0.3) is 5.91 Å². The number of aromatic nitrogens is 2. The molecular formula is C47H58F5N7O5. The molecule has 1 heterocycles. The molecule has 12 nitrogen and oxygen atoms in total. The summed E-state index contributed by atoms with van der Waals surface area (Å²) in [7, 11) is 4.16. The van der Waals surface area contributed by atoms with Crippen LogP contribution in [-0.4, -0.2) is 89.2 Å². The molecule has 4 aromatic rings. The second kappa shape index (κ2) is 19.7. The summed E-state index contributed by atoms with van der Waals surface area (Å²) < 4.78 is 72.6. The quantitative estimate of drug-likeness (QED) is 0.0840. The minimum Gasteiger partial charge on any atom is -0.444 e. The molecule has 2 aliphatic rings. The second-order valence-corrected chi connectivity index (χ2v) is 18.4. The van der Waals surface area contributed by atoms with Gasteiger partial charge in [0.15, 0.2) is 5.82 Å². The molecule has 0 spiro atoms. The minimum atomic E-state index is -5.87. The molecule has 3 aromatic carbocycles. The van der Waals surface area contributed by atoms with Crippen LogP contribution in [0.4, 0.5) is 32.4 Å². The molecular weight excluding hydrogens is 838 g/mol. The first kappa shape index (κ1) is 47.9. The number of aryl methyl sites for hydroxylation is 1. The molecule has 4 amide bonds. The molecule has 0 saturated heterocycles.